The molecule has 0 unspecified atom stereocenters. The van der Waals surface area contributed by atoms with E-state index in [0.717, 1.165) is 11.3 Å². The van der Waals surface area contributed by atoms with Crippen molar-refractivity contribution < 1.29 is 9.13 Å². The van der Waals surface area contributed by atoms with E-state index in [-0.39, 0.29) is 29.8 Å². The minimum atomic E-state index is -0.455. The van der Waals surface area contributed by atoms with Crippen molar-refractivity contribution in [3.05, 3.63) is 65.5 Å². The van der Waals surface area contributed by atoms with Gasteiger partial charge in [-0.2, -0.15) is 0 Å². The zero-order valence-electron chi connectivity index (χ0n) is 14.8. The van der Waals surface area contributed by atoms with Gasteiger partial charge in [-0.1, -0.05) is 50.2 Å². The Bertz CT molecular complexity index is 719. The summed E-state index contributed by atoms with van der Waals surface area (Å²) in [5.74, 6) is 0.0673. The van der Waals surface area contributed by atoms with Gasteiger partial charge in [-0.05, 0) is 17.7 Å². The van der Waals surface area contributed by atoms with Gasteiger partial charge in [0.1, 0.15) is 5.82 Å². The molecule has 0 saturated heterocycles. The van der Waals surface area contributed by atoms with Crippen LogP contribution in [-0.4, -0.2) is 19.6 Å². The number of benzene rings is 2. The number of nitrogens with two attached hydrogens (primary N) is 1. The Labute approximate surface area is 165 Å². The lowest BCUT2D eigenvalue weighted by molar-refractivity contribution is 0.185. The summed E-state index contributed by atoms with van der Waals surface area (Å²) in [5, 5.41) is 3.09. The topological polar surface area (TPSA) is 59.6 Å². The van der Waals surface area contributed by atoms with Crippen molar-refractivity contribution in [2.24, 2.45) is 10.7 Å². The molecular formula is C19H25FIN3O. The van der Waals surface area contributed by atoms with E-state index in [1.807, 2.05) is 44.2 Å². The number of anilines is 1. The molecular weight excluding hydrogens is 432 g/mol. The standard InChI is InChI=1S/C19H24FN3O.HI/c1-19(2,15-9-5-6-10-16(15)20)13-22-18(21)23-17-11-7-4-8-14(17)12-24-3;/h4-11H,12-13H2,1-3H3,(H3,21,22,23);1H. The Morgan fingerprint density at radius 1 is 1.16 bits per heavy atom. The first-order valence-electron chi connectivity index (χ1n) is 7.83. The molecule has 2 aromatic rings. The Hall–Kier alpha value is -1.67. The summed E-state index contributed by atoms with van der Waals surface area (Å²) in [6.45, 7) is 4.75. The fourth-order valence-electron chi connectivity index (χ4n) is 2.48. The van der Waals surface area contributed by atoms with Crippen molar-refractivity contribution in [3.8, 4) is 0 Å². The molecule has 0 amide bonds. The van der Waals surface area contributed by atoms with Gasteiger partial charge >= 0.3 is 0 Å². The first kappa shape index (κ1) is 21.4. The smallest absolute Gasteiger partial charge is 0.193 e. The van der Waals surface area contributed by atoms with Crippen LogP contribution in [-0.2, 0) is 16.8 Å². The summed E-state index contributed by atoms with van der Waals surface area (Å²) in [6, 6.07) is 14.5. The summed E-state index contributed by atoms with van der Waals surface area (Å²) >= 11 is 0. The zero-order valence-corrected chi connectivity index (χ0v) is 17.1. The van der Waals surface area contributed by atoms with Crippen LogP contribution in [0.25, 0.3) is 0 Å². The molecule has 0 aliphatic heterocycles. The minimum absolute atomic E-state index is 0. The van der Waals surface area contributed by atoms with Gasteiger partial charge in [0.05, 0.1) is 13.2 Å². The highest BCUT2D eigenvalue weighted by atomic mass is 127. The highest BCUT2D eigenvalue weighted by Gasteiger charge is 2.23. The Kier molecular flexibility index (Phi) is 8.31. The molecule has 0 bridgehead atoms. The maximum atomic E-state index is 14.0. The van der Waals surface area contributed by atoms with Gasteiger partial charge in [-0.15, -0.1) is 24.0 Å². The number of aliphatic imine (C=N–C) groups is 1. The van der Waals surface area contributed by atoms with Gasteiger partial charge in [-0.3, -0.25) is 4.99 Å². The predicted octanol–water partition coefficient (Wildman–Crippen LogP) is 4.29. The molecule has 0 aromatic heterocycles. The number of hydrogen-bond acceptors (Lipinski definition) is 2. The number of halogens is 2. The fraction of sp³-hybridized carbons (Fsp3) is 0.316. The molecule has 6 heteroatoms. The molecule has 0 radical (unpaired) electrons. The second-order valence-corrected chi connectivity index (χ2v) is 6.28. The van der Waals surface area contributed by atoms with Crippen molar-refractivity contribution in [1.29, 1.82) is 0 Å². The third-order valence-electron chi connectivity index (χ3n) is 3.83. The van der Waals surface area contributed by atoms with Gasteiger partial charge in [0.25, 0.3) is 0 Å². The molecule has 0 aliphatic rings. The van der Waals surface area contributed by atoms with Crippen LogP contribution >= 0.6 is 24.0 Å². The van der Waals surface area contributed by atoms with E-state index in [1.54, 1.807) is 19.2 Å². The maximum absolute atomic E-state index is 14.0. The third kappa shape index (κ3) is 5.97. The SMILES string of the molecule is COCc1ccccc1NC(N)=NCC(C)(C)c1ccccc1F.I. The van der Waals surface area contributed by atoms with Crippen molar-refractivity contribution >= 4 is 35.6 Å². The predicted molar refractivity (Wildman–Crippen MR) is 112 cm³/mol. The van der Waals surface area contributed by atoms with Gasteiger partial charge in [0.2, 0.25) is 0 Å². The van der Waals surface area contributed by atoms with Crippen LogP contribution in [0.5, 0.6) is 0 Å². The molecule has 0 heterocycles. The second-order valence-electron chi connectivity index (χ2n) is 6.28. The van der Waals surface area contributed by atoms with Crippen molar-refractivity contribution in [3.63, 3.8) is 0 Å². The first-order valence-corrected chi connectivity index (χ1v) is 7.83. The van der Waals surface area contributed by atoms with Crippen LogP contribution < -0.4 is 11.1 Å². The third-order valence-corrected chi connectivity index (χ3v) is 3.83. The van der Waals surface area contributed by atoms with Crippen molar-refractivity contribution in [2.45, 2.75) is 25.9 Å². The Morgan fingerprint density at radius 3 is 2.48 bits per heavy atom. The van der Waals surface area contributed by atoms with Gasteiger partial charge in [0.15, 0.2) is 5.96 Å². The molecule has 136 valence electrons. The summed E-state index contributed by atoms with van der Waals surface area (Å²) < 4.78 is 19.2. The van der Waals surface area contributed by atoms with E-state index in [4.69, 9.17) is 10.5 Å². The molecule has 0 atom stereocenters. The maximum Gasteiger partial charge on any atom is 0.193 e. The highest BCUT2D eigenvalue weighted by Crippen LogP contribution is 2.26. The lowest BCUT2D eigenvalue weighted by Gasteiger charge is -2.24. The van der Waals surface area contributed by atoms with Crippen LogP contribution in [0.15, 0.2) is 53.5 Å². The van der Waals surface area contributed by atoms with Crippen molar-refractivity contribution in [1.82, 2.24) is 0 Å². The number of ether oxygens (including phenoxy) is 1. The molecule has 2 aromatic carbocycles. The molecule has 2 rings (SSSR count). The highest BCUT2D eigenvalue weighted by molar-refractivity contribution is 14.0. The zero-order chi connectivity index (χ0) is 17.6. The molecule has 0 spiro atoms. The largest absolute Gasteiger partial charge is 0.380 e. The average Bonchev–Trinajstić information content (AvgIpc) is 2.55. The van der Waals surface area contributed by atoms with E-state index in [9.17, 15) is 4.39 Å². The number of nitrogens with zero attached hydrogens (tertiary/aromatic N) is 1. The van der Waals surface area contributed by atoms with E-state index in [2.05, 4.69) is 10.3 Å². The van der Waals surface area contributed by atoms with Crippen LogP contribution in [0.3, 0.4) is 0 Å². The van der Waals surface area contributed by atoms with Crippen LogP contribution in [0.2, 0.25) is 0 Å². The Morgan fingerprint density at radius 2 is 1.80 bits per heavy atom. The number of nitrogens with one attached hydrogen (secondary N) is 1. The number of rotatable bonds is 6. The van der Waals surface area contributed by atoms with Gasteiger partial charge in [0, 0.05) is 23.8 Å². The fourth-order valence-corrected chi connectivity index (χ4v) is 2.48. The van der Waals surface area contributed by atoms with Crippen LogP contribution in [0.4, 0.5) is 10.1 Å². The van der Waals surface area contributed by atoms with Gasteiger partial charge < -0.3 is 15.8 Å². The van der Waals surface area contributed by atoms with E-state index < -0.39 is 5.41 Å². The molecule has 3 N–H and O–H groups in total. The van der Waals surface area contributed by atoms with E-state index in [0.29, 0.717) is 24.7 Å². The average molecular weight is 457 g/mol. The molecule has 0 saturated carbocycles. The number of methoxy groups -OCH3 is 1. The number of hydrogen-bond donors (Lipinski definition) is 2. The molecule has 25 heavy (non-hydrogen) atoms. The number of para-hydroxylation sites is 1. The second kappa shape index (κ2) is 9.72. The van der Waals surface area contributed by atoms with E-state index >= 15 is 0 Å². The van der Waals surface area contributed by atoms with Gasteiger partial charge in [-0.25, -0.2) is 4.39 Å². The molecule has 0 aliphatic carbocycles. The summed E-state index contributed by atoms with van der Waals surface area (Å²) in [5.41, 5.74) is 8.01. The lowest BCUT2D eigenvalue weighted by atomic mass is 9.84. The van der Waals surface area contributed by atoms with E-state index in [1.165, 1.54) is 6.07 Å². The van der Waals surface area contributed by atoms with Crippen LogP contribution in [0, 0.1) is 5.82 Å². The monoisotopic (exact) mass is 457 g/mol. The minimum Gasteiger partial charge on any atom is -0.380 e. The lowest BCUT2D eigenvalue weighted by Crippen LogP contribution is -2.28. The van der Waals surface area contributed by atoms with Crippen LogP contribution in [0.1, 0.15) is 25.0 Å². The number of guanidine groups is 1. The molecule has 4 nitrogen and oxygen atoms in total. The molecule has 0 fully saturated rings. The normalized spacial score (nSPS) is 11.8. The summed E-state index contributed by atoms with van der Waals surface area (Å²) in [7, 11) is 1.64. The summed E-state index contributed by atoms with van der Waals surface area (Å²) in [6.07, 6.45) is 0. The quantitative estimate of drug-likeness (QED) is 0.387. The summed E-state index contributed by atoms with van der Waals surface area (Å²) in [4.78, 5) is 4.39. The van der Waals surface area contributed by atoms with Crippen molar-refractivity contribution in [2.75, 3.05) is 19.0 Å². The Balaban J connectivity index is 0.00000312. The first-order chi connectivity index (χ1) is 11.4.